The summed E-state index contributed by atoms with van der Waals surface area (Å²) in [5.74, 6) is 0.0964. The van der Waals surface area contributed by atoms with Crippen LogP contribution in [-0.2, 0) is 6.54 Å². The van der Waals surface area contributed by atoms with Gasteiger partial charge in [0.25, 0.3) is 5.91 Å². The molecule has 1 aromatic heterocycles. The number of fused-ring (bicyclic) bond motifs is 1. The third-order valence-corrected chi connectivity index (χ3v) is 3.80. The number of nitrogens with zero attached hydrogens (tertiary/aromatic N) is 1. The summed E-state index contributed by atoms with van der Waals surface area (Å²) in [7, 11) is 1.59. The number of aromatic nitrogens is 1. The summed E-state index contributed by atoms with van der Waals surface area (Å²) in [5, 5.41) is 8.68. The molecule has 3 aromatic rings. The minimum absolute atomic E-state index is 0.216. The van der Waals surface area contributed by atoms with Gasteiger partial charge in [0.1, 0.15) is 11.4 Å². The normalized spacial score (nSPS) is 10.5. The van der Waals surface area contributed by atoms with Crippen molar-refractivity contribution in [2.24, 2.45) is 5.73 Å². The van der Waals surface area contributed by atoms with Gasteiger partial charge in [0.15, 0.2) is 5.96 Å². The lowest BCUT2D eigenvalue weighted by Crippen LogP contribution is -2.40. The first-order valence-corrected chi connectivity index (χ1v) is 7.45. The molecule has 0 bridgehead atoms. The Morgan fingerprint density at radius 1 is 1.21 bits per heavy atom. The second-order valence-electron chi connectivity index (χ2n) is 5.39. The predicted octanol–water partition coefficient (Wildman–Crippen LogP) is 2.71. The van der Waals surface area contributed by atoms with Crippen LogP contribution in [0.2, 0.25) is 0 Å². The molecular weight excluding hydrogens is 304 g/mol. The smallest absolute Gasteiger partial charge is 0.277 e. The van der Waals surface area contributed by atoms with Gasteiger partial charge in [-0.3, -0.25) is 15.1 Å². The number of hydrogen-bond acceptors (Lipinski definition) is 3. The maximum atomic E-state index is 12.7. The highest BCUT2D eigenvalue weighted by Gasteiger charge is 2.20. The van der Waals surface area contributed by atoms with Gasteiger partial charge in [-0.15, -0.1) is 0 Å². The minimum Gasteiger partial charge on any atom is -0.497 e. The van der Waals surface area contributed by atoms with Crippen LogP contribution in [0, 0.1) is 5.41 Å². The Hall–Kier alpha value is -3.28. The van der Waals surface area contributed by atoms with Crippen LogP contribution in [0.5, 0.6) is 5.75 Å². The van der Waals surface area contributed by atoms with Crippen LogP contribution in [0.3, 0.4) is 0 Å². The van der Waals surface area contributed by atoms with Crippen LogP contribution < -0.4 is 10.5 Å². The second-order valence-corrected chi connectivity index (χ2v) is 5.39. The first kappa shape index (κ1) is 15.6. The van der Waals surface area contributed by atoms with Crippen molar-refractivity contribution in [2.75, 3.05) is 7.11 Å². The highest BCUT2D eigenvalue weighted by Crippen LogP contribution is 2.18. The predicted molar refractivity (Wildman–Crippen MR) is 93.1 cm³/mol. The van der Waals surface area contributed by atoms with Crippen molar-refractivity contribution < 1.29 is 9.53 Å². The van der Waals surface area contributed by atoms with Gasteiger partial charge < -0.3 is 15.5 Å². The van der Waals surface area contributed by atoms with Crippen LogP contribution in [0.15, 0.2) is 54.6 Å². The molecule has 122 valence electrons. The van der Waals surface area contributed by atoms with Gasteiger partial charge >= 0.3 is 0 Å². The molecule has 0 fully saturated rings. The number of amides is 1. The van der Waals surface area contributed by atoms with E-state index in [4.69, 9.17) is 15.9 Å². The van der Waals surface area contributed by atoms with Crippen molar-refractivity contribution >= 4 is 22.8 Å². The molecule has 0 unspecified atom stereocenters. The average molecular weight is 322 g/mol. The first-order chi connectivity index (χ1) is 11.6. The third-order valence-electron chi connectivity index (χ3n) is 3.80. The number of benzene rings is 2. The van der Waals surface area contributed by atoms with E-state index in [1.54, 1.807) is 25.3 Å². The summed E-state index contributed by atoms with van der Waals surface area (Å²) < 4.78 is 5.12. The van der Waals surface area contributed by atoms with E-state index in [1.165, 1.54) is 4.90 Å². The summed E-state index contributed by atoms with van der Waals surface area (Å²) in [6, 6.07) is 16.7. The van der Waals surface area contributed by atoms with E-state index in [-0.39, 0.29) is 18.4 Å². The molecule has 4 N–H and O–H groups in total. The Labute approximate surface area is 139 Å². The second kappa shape index (κ2) is 6.45. The van der Waals surface area contributed by atoms with E-state index in [1.807, 2.05) is 36.4 Å². The lowest BCUT2D eigenvalue weighted by Gasteiger charge is -2.20. The van der Waals surface area contributed by atoms with Gasteiger partial charge in [0.2, 0.25) is 0 Å². The largest absolute Gasteiger partial charge is 0.497 e. The summed E-state index contributed by atoms with van der Waals surface area (Å²) in [4.78, 5) is 17.0. The van der Waals surface area contributed by atoms with E-state index < -0.39 is 0 Å². The van der Waals surface area contributed by atoms with Crippen molar-refractivity contribution in [3.8, 4) is 5.75 Å². The zero-order chi connectivity index (χ0) is 17.1. The van der Waals surface area contributed by atoms with Crippen molar-refractivity contribution in [3.63, 3.8) is 0 Å². The van der Waals surface area contributed by atoms with Gasteiger partial charge in [-0.2, -0.15) is 0 Å². The molecular formula is C18H18N4O2. The molecule has 0 aliphatic heterocycles. The van der Waals surface area contributed by atoms with Gasteiger partial charge in [-0.1, -0.05) is 30.3 Å². The SMILES string of the molecule is COc1ccc(CN(C(=N)N)C(=O)c2cc3ccccc3[nH]2)cc1. The highest BCUT2D eigenvalue weighted by molar-refractivity contribution is 6.05. The molecule has 0 saturated carbocycles. The van der Waals surface area contributed by atoms with E-state index in [2.05, 4.69) is 4.98 Å². The van der Waals surface area contributed by atoms with Crippen molar-refractivity contribution in [1.29, 1.82) is 5.41 Å². The molecule has 6 nitrogen and oxygen atoms in total. The summed E-state index contributed by atoms with van der Waals surface area (Å²) >= 11 is 0. The number of aromatic amines is 1. The Bertz CT molecular complexity index is 850. The topological polar surface area (TPSA) is 95.2 Å². The van der Waals surface area contributed by atoms with E-state index in [9.17, 15) is 4.79 Å². The van der Waals surface area contributed by atoms with Crippen molar-refractivity contribution in [3.05, 3.63) is 65.9 Å². The van der Waals surface area contributed by atoms with Crippen LogP contribution in [0.25, 0.3) is 10.9 Å². The molecule has 0 spiro atoms. The summed E-state index contributed by atoms with van der Waals surface area (Å²) in [6.45, 7) is 0.216. The maximum Gasteiger partial charge on any atom is 0.277 e. The maximum absolute atomic E-state index is 12.7. The van der Waals surface area contributed by atoms with Crippen molar-refractivity contribution in [2.45, 2.75) is 6.54 Å². The molecule has 0 aliphatic carbocycles. The Morgan fingerprint density at radius 2 is 1.92 bits per heavy atom. The third kappa shape index (κ3) is 3.08. The number of carbonyl (C=O) groups excluding carboxylic acids is 1. The molecule has 1 amide bonds. The molecule has 2 aromatic carbocycles. The fourth-order valence-electron chi connectivity index (χ4n) is 2.51. The number of guanidine groups is 1. The molecule has 24 heavy (non-hydrogen) atoms. The number of nitrogens with two attached hydrogens (primary N) is 1. The zero-order valence-corrected chi connectivity index (χ0v) is 13.2. The fraction of sp³-hybridized carbons (Fsp3) is 0.111. The monoisotopic (exact) mass is 322 g/mol. The van der Waals surface area contributed by atoms with Gasteiger partial charge in [-0.25, -0.2) is 0 Å². The lowest BCUT2D eigenvalue weighted by atomic mass is 10.2. The highest BCUT2D eigenvalue weighted by atomic mass is 16.5. The molecule has 0 radical (unpaired) electrons. The Morgan fingerprint density at radius 3 is 2.54 bits per heavy atom. The van der Waals surface area contributed by atoms with Crippen LogP contribution in [0.1, 0.15) is 16.1 Å². The number of rotatable bonds is 4. The minimum atomic E-state index is -0.338. The number of methoxy groups -OCH3 is 1. The quantitative estimate of drug-likeness (QED) is 0.509. The van der Waals surface area contributed by atoms with Gasteiger partial charge in [0.05, 0.1) is 13.7 Å². The molecule has 0 saturated heterocycles. The lowest BCUT2D eigenvalue weighted by molar-refractivity contribution is 0.0833. The van der Waals surface area contributed by atoms with E-state index in [0.717, 1.165) is 22.2 Å². The molecule has 1 heterocycles. The molecule has 0 aliphatic rings. The van der Waals surface area contributed by atoms with Crippen LogP contribution in [-0.4, -0.2) is 28.9 Å². The number of ether oxygens (including phenoxy) is 1. The Kier molecular flexibility index (Phi) is 4.20. The van der Waals surface area contributed by atoms with Gasteiger partial charge in [-0.05, 0) is 29.8 Å². The standard InChI is InChI=1S/C18H18N4O2/c1-24-14-8-6-12(7-9-14)11-22(18(19)20)17(23)16-10-13-4-2-3-5-15(13)21-16/h2-10,21H,11H2,1H3,(H3,19,20). The average Bonchev–Trinajstić information content (AvgIpc) is 3.03. The van der Waals surface area contributed by atoms with Crippen molar-refractivity contribution in [1.82, 2.24) is 9.88 Å². The zero-order valence-electron chi connectivity index (χ0n) is 13.2. The number of para-hydroxylation sites is 1. The van der Waals surface area contributed by atoms with Crippen LogP contribution in [0.4, 0.5) is 0 Å². The Balaban J connectivity index is 1.86. The van der Waals surface area contributed by atoms with E-state index in [0.29, 0.717) is 5.69 Å². The molecule has 3 rings (SSSR count). The van der Waals surface area contributed by atoms with E-state index >= 15 is 0 Å². The molecule has 0 atom stereocenters. The number of nitrogens with one attached hydrogen (secondary N) is 2. The number of carbonyl (C=O) groups is 1. The molecule has 6 heteroatoms. The van der Waals surface area contributed by atoms with Crippen LogP contribution >= 0.6 is 0 Å². The summed E-state index contributed by atoms with van der Waals surface area (Å²) in [5.41, 5.74) is 7.75. The first-order valence-electron chi connectivity index (χ1n) is 7.45. The van der Waals surface area contributed by atoms with Gasteiger partial charge in [0, 0.05) is 10.9 Å². The number of hydrogen-bond donors (Lipinski definition) is 3. The summed E-state index contributed by atoms with van der Waals surface area (Å²) in [6.07, 6.45) is 0. The number of H-pyrrole nitrogens is 1. The fourth-order valence-corrected chi connectivity index (χ4v) is 2.51.